The van der Waals surface area contributed by atoms with E-state index in [1.54, 1.807) is 67.7 Å². The monoisotopic (exact) mass is 1850 g/mol. The van der Waals surface area contributed by atoms with Crippen molar-refractivity contribution in [2.75, 3.05) is 45.1 Å². The molecular formula is C87H134N22O21S. The Morgan fingerprint density at radius 1 is 0.580 bits per heavy atom. The van der Waals surface area contributed by atoms with Crippen molar-refractivity contribution < 1.29 is 100 Å². The quantitative estimate of drug-likeness (QED) is 0.0127. The number of sulfonamides is 1. The Morgan fingerprint density at radius 2 is 1.15 bits per heavy atom. The SMILES string of the molecule is CCCCCCCCCCCCCCCC(=O)NS(=O)(=O)CCCC(=O)NCC(=O)N[C@@H](CO)C(=O)N[C@@H](CCC(N)=O)C(=O)N[C@@H](Cc1c[nH]cn1)C(=O)N[C@@H](CO)C(=O)N[C@@H](CCCC)C(=O)N[C@H]1CCC(=O)NCCCC[C@@H](C(N)=O)NC(=O)[C@H](Cc2c[nH]c3ccccc23)NC(=O)[C@H](CCCNC(=N)N)NC(=O)[C@@H](Cc2ccccc2)NC(=O)[C@@H]2C[C@@H](O)CN2C1=O. The molecule has 26 N–H and O–H groups in total. The largest absolute Gasteiger partial charge is 0.394 e. The molecule has 12 atom stereocenters. The van der Waals surface area contributed by atoms with Gasteiger partial charge < -0.3 is 117 Å². The van der Waals surface area contributed by atoms with Gasteiger partial charge in [-0.3, -0.25) is 86.8 Å². The Labute approximate surface area is 761 Å². The van der Waals surface area contributed by atoms with E-state index in [1.165, 1.54) is 57.5 Å². The van der Waals surface area contributed by atoms with Gasteiger partial charge in [-0.1, -0.05) is 152 Å². The number of hydrogen-bond donors (Lipinski definition) is 23. The third-order valence-electron chi connectivity index (χ3n) is 22.4. The number of carbonyl (C=O) groups is 16. The highest BCUT2D eigenvalue weighted by molar-refractivity contribution is 7.90. The molecule has 2 aromatic carbocycles. The zero-order valence-electron chi connectivity index (χ0n) is 74.7. The molecule has 6 rings (SSSR count). The molecule has 0 unspecified atom stereocenters. The van der Waals surface area contributed by atoms with Crippen molar-refractivity contribution in [2.24, 2.45) is 17.2 Å². The van der Waals surface area contributed by atoms with Gasteiger partial charge in [0.15, 0.2) is 5.96 Å². The third kappa shape index (κ3) is 39.6. The predicted octanol–water partition coefficient (Wildman–Crippen LogP) is -2.18. The van der Waals surface area contributed by atoms with Gasteiger partial charge in [0.2, 0.25) is 105 Å². The maximum absolute atomic E-state index is 15.3. The molecule has 2 saturated heterocycles. The summed E-state index contributed by atoms with van der Waals surface area (Å²) in [7, 11) is -4.11. The second-order valence-corrected chi connectivity index (χ2v) is 34.9. The molecule has 131 heavy (non-hydrogen) atoms. The summed E-state index contributed by atoms with van der Waals surface area (Å²) in [6.07, 6.45) is 13.8. The number of aromatic amines is 2. The summed E-state index contributed by atoms with van der Waals surface area (Å²) < 4.78 is 27.4. The fraction of sp³-hybridized carbons (Fsp3) is 0.609. The second kappa shape index (κ2) is 57.8. The van der Waals surface area contributed by atoms with Gasteiger partial charge in [-0.05, 0) is 81.4 Å². The van der Waals surface area contributed by atoms with Crippen molar-refractivity contribution in [3.63, 3.8) is 0 Å². The summed E-state index contributed by atoms with van der Waals surface area (Å²) in [5.41, 5.74) is 18.8. The van der Waals surface area contributed by atoms with E-state index in [0.717, 1.165) is 37.0 Å². The second-order valence-electron chi connectivity index (χ2n) is 33.1. The molecule has 2 aromatic heterocycles. The van der Waals surface area contributed by atoms with Crippen LogP contribution in [0.1, 0.15) is 217 Å². The molecule has 4 aromatic rings. The van der Waals surface area contributed by atoms with Gasteiger partial charge >= 0.3 is 0 Å². The smallest absolute Gasteiger partial charge is 0.245 e. The van der Waals surface area contributed by atoms with Gasteiger partial charge in [0, 0.05) is 94.3 Å². The number of para-hydroxylation sites is 1. The first-order chi connectivity index (χ1) is 62.7. The van der Waals surface area contributed by atoms with Crippen LogP contribution in [0, 0.1) is 5.41 Å². The molecule has 0 saturated carbocycles. The van der Waals surface area contributed by atoms with Crippen LogP contribution in [0.25, 0.3) is 10.9 Å². The van der Waals surface area contributed by atoms with Crippen LogP contribution in [0.15, 0.2) is 73.3 Å². The van der Waals surface area contributed by atoms with E-state index in [2.05, 4.69) is 91.0 Å². The van der Waals surface area contributed by atoms with Crippen molar-refractivity contribution in [1.29, 1.82) is 5.41 Å². The number of rotatable bonds is 51. The summed E-state index contributed by atoms with van der Waals surface area (Å²) in [5, 5.41) is 73.8. The first kappa shape index (κ1) is 108. The summed E-state index contributed by atoms with van der Waals surface area (Å²) in [4.78, 5) is 235. The summed E-state index contributed by atoms with van der Waals surface area (Å²) in [6.45, 7) is 0.375. The van der Waals surface area contributed by atoms with E-state index in [1.807, 2.05) is 4.72 Å². The third-order valence-corrected chi connectivity index (χ3v) is 23.8. The van der Waals surface area contributed by atoms with Crippen molar-refractivity contribution in [2.45, 2.75) is 292 Å². The fourth-order valence-electron chi connectivity index (χ4n) is 15.1. The molecule has 4 heterocycles. The number of aliphatic hydroxyl groups excluding tert-OH is 3. The zero-order chi connectivity index (χ0) is 95.8. The maximum Gasteiger partial charge on any atom is 0.245 e. The van der Waals surface area contributed by atoms with Crippen LogP contribution in [0.5, 0.6) is 0 Å². The highest BCUT2D eigenvalue weighted by atomic mass is 32.2. The molecule has 2 aliphatic rings. The van der Waals surface area contributed by atoms with Crippen LogP contribution < -0.4 is 91.0 Å². The van der Waals surface area contributed by atoms with E-state index in [0.29, 0.717) is 34.9 Å². The Kier molecular flexibility index (Phi) is 47.4. The molecule has 724 valence electrons. The number of unbranched alkanes of at least 4 members (excludes halogenated alkanes) is 13. The first-order valence-corrected chi connectivity index (χ1v) is 46.9. The van der Waals surface area contributed by atoms with E-state index >= 15 is 4.79 Å². The Hall–Kier alpha value is -12.2. The molecule has 2 fully saturated rings. The minimum atomic E-state index is -4.11. The molecule has 0 bridgehead atoms. The number of benzene rings is 2. The number of imidazole rings is 1. The van der Waals surface area contributed by atoms with Gasteiger partial charge in [0.25, 0.3) is 0 Å². The minimum Gasteiger partial charge on any atom is -0.394 e. The zero-order valence-corrected chi connectivity index (χ0v) is 75.5. The van der Waals surface area contributed by atoms with Crippen LogP contribution in [-0.2, 0) is 106 Å². The van der Waals surface area contributed by atoms with Gasteiger partial charge in [0.05, 0.1) is 43.6 Å². The number of amides is 16. The number of nitrogens with one attached hydrogen (secondary N) is 17. The van der Waals surface area contributed by atoms with E-state index < -0.39 is 254 Å². The van der Waals surface area contributed by atoms with Crippen LogP contribution in [-0.4, -0.2) is 262 Å². The van der Waals surface area contributed by atoms with Crippen molar-refractivity contribution in [3.8, 4) is 0 Å². The number of hydrogen-bond acceptors (Lipinski definition) is 23. The molecule has 2 aliphatic heterocycles. The molecule has 44 heteroatoms. The molecule has 0 spiro atoms. The molecule has 0 aliphatic carbocycles. The number of guanidine groups is 1. The molecule has 43 nitrogen and oxygen atoms in total. The van der Waals surface area contributed by atoms with E-state index in [4.69, 9.17) is 22.6 Å². The lowest BCUT2D eigenvalue weighted by atomic mass is 10.0. The topological polar surface area (TPSA) is 686 Å². The van der Waals surface area contributed by atoms with Crippen LogP contribution in [0.4, 0.5) is 0 Å². The number of H-pyrrole nitrogens is 2. The molecule has 16 amide bonds. The van der Waals surface area contributed by atoms with Crippen molar-refractivity contribution in [1.82, 2.24) is 93.7 Å². The number of aromatic nitrogens is 3. The average Bonchev–Trinajstić information content (AvgIpc) is 1.69. The fourth-order valence-corrected chi connectivity index (χ4v) is 16.2. The number of primary amides is 2. The van der Waals surface area contributed by atoms with Crippen molar-refractivity contribution in [3.05, 3.63) is 90.1 Å². The Bertz CT molecular complexity index is 4540. The van der Waals surface area contributed by atoms with Crippen LogP contribution >= 0.6 is 0 Å². The van der Waals surface area contributed by atoms with Crippen LogP contribution in [0.2, 0.25) is 0 Å². The summed E-state index contributed by atoms with van der Waals surface area (Å²) in [6, 6.07) is -2.43. The Balaban J connectivity index is 1.15. The summed E-state index contributed by atoms with van der Waals surface area (Å²) in [5.74, 6) is -16.5. The highest BCUT2D eigenvalue weighted by Crippen LogP contribution is 2.24. The molecular weight excluding hydrogens is 1720 g/mol. The van der Waals surface area contributed by atoms with E-state index in [-0.39, 0.29) is 95.4 Å². The number of carbonyl (C=O) groups excluding carboxylic acids is 16. The predicted molar refractivity (Wildman–Crippen MR) is 481 cm³/mol. The lowest BCUT2D eigenvalue weighted by Crippen LogP contribution is -2.61. The standard InChI is InChI=1S/C87H134N22O21S/c1-3-5-7-8-9-10-11-12-13-14-15-16-20-34-74(116)108-131(129,130)42-26-35-72(114)96-49-75(117)98-68(51-110)83(125)102-63(36-38-71(88)113)79(121)105-67(45-56-48-92-53-97-56)82(124)107-69(52-111)84(126)101-61(30-6-4-2)77(119)103-64-37-39-73(115)93-40-24-23-32-60(76(89)118)99-81(123)66(44-55-47-95-59-31-22-21-29-58(55)59)104-78(120)62(33-25-41-94-87(90)91)100-80(122)65(43-54-27-18-17-19-28-54)106-85(127)70-46-57(112)50-109(70)86(64)128/h17-19,21-22,27-29,31,47-48,53,57,60-70,95,110-112H,3-16,20,23-26,30,32-46,49-52H2,1-2H3,(H2,88,113)(H2,89,118)(H,92,97)(H,93,115)(H,96,114)(H,98,117)(H,99,123)(H,100,122)(H,101,126)(H,102,125)(H,103,119)(H,104,120)(H,105,121)(H,106,127)(H,107,124)(H,108,116)(H4,90,91,94)/t57-,60+,61+,62+,63+,64+,65-,66+,67+,68+,69+,70+/m1/s1. The van der Waals surface area contributed by atoms with Gasteiger partial charge in [0.1, 0.15) is 66.5 Å². The maximum atomic E-state index is 15.3. The van der Waals surface area contributed by atoms with Crippen LogP contribution in [0.3, 0.4) is 0 Å². The minimum absolute atomic E-state index is 0.0116. The Morgan fingerprint density at radius 3 is 1.79 bits per heavy atom. The van der Waals surface area contributed by atoms with E-state index in [9.17, 15) is 95.7 Å². The first-order valence-electron chi connectivity index (χ1n) is 45.2. The number of nitrogens with zero attached hydrogens (tertiary/aromatic N) is 2. The van der Waals surface area contributed by atoms with Crippen molar-refractivity contribution >= 4 is 121 Å². The average molecular weight is 1860 g/mol. The van der Waals surface area contributed by atoms with Gasteiger partial charge in [-0.15, -0.1) is 0 Å². The lowest BCUT2D eigenvalue weighted by Gasteiger charge is -2.31. The lowest BCUT2D eigenvalue weighted by molar-refractivity contribution is -0.143. The molecule has 0 radical (unpaired) electrons. The normalized spacial score (nSPS) is 19.2. The van der Waals surface area contributed by atoms with Gasteiger partial charge in [-0.2, -0.15) is 0 Å². The number of fused-ring (bicyclic) bond motifs is 2. The number of aliphatic hydroxyl groups is 3. The number of nitrogens with two attached hydrogens (primary N) is 3. The van der Waals surface area contributed by atoms with Gasteiger partial charge in [-0.25, -0.2) is 13.4 Å². The highest BCUT2D eigenvalue weighted by Gasteiger charge is 2.44. The summed E-state index contributed by atoms with van der Waals surface area (Å²) >= 11 is 0.